The Morgan fingerprint density at radius 1 is 0.443 bits per heavy atom. The van der Waals surface area contributed by atoms with Crippen LogP contribution in [0.1, 0.15) is 142 Å². The van der Waals surface area contributed by atoms with E-state index < -0.39 is 18.0 Å². The molecule has 0 radical (unpaired) electrons. The molecule has 0 aliphatic rings. The fourth-order valence-electron chi connectivity index (χ4n) is 6.22. The van der Waals surface area contributed by atoms with Crippen molar-refractivity contribution in [2.45, 2.75) is 154 Å². The highest BCUT2D eigenvalue weighted by atomic mass is 16.5. The van der Waals surface area contributed by atoms with Crippen LogP contribution in [0, 0.1) is 0 Å². The summed E-state index contributed by atoms with van der Waals surface area (Å²) in [6, 6.07) is -1.29. The molecule has 0 aromatic rings. The molecule has 0 rings (SSSR count). The Balaban J connectivity index is 3.65. The van der Waals surface area contributed by atoms with Gasteiger partial charge in [0.1, 0.15) is 25.0 Å². The zero-order valence-corrected chi connectivity index (χ0v) is 37.2. The van der Waals surface area contributed by atoms with Crippen LogP contribution in [-0.4, -0.2) is 143 Å². The van der Waals surface area contributed by atoms with Crippen LogP contribution in [0.5, 0.6) is 0 Å². The highest BCUT2D eigenvalue weighted by molar-refractivity contribution is 5.84. The molecule has 0 aromatic heterocycles. The van der Waals surface area contributed by atoms with Crippen LogP contribution < -0.4 is 26.6 Å². The number of Topliss-reactive ketones (excluding diaryl/α,β-unsaturated/α-hetero) is 1. The molecule has 0 saturated carbocycles. The van der Waals surface area contributed by atoms with Gasteiger partial charge < -0.3 is 55.7 Å². The zero-order chi connectivity index (χ0) is 45.2. The van der Waals surface area contributed by atoms with Gasteiger partial charge in [0.05, 0.1) is 45.7 Å². The molecule has 18 heteroatoms. The smallest absolute Gasteiger partial charge is 0.326 e. The molecule has 0 aliphatic carbocycles. The number of unbranched alkanes of at least 4 members (excludes halogenated alkanes) is 14. The van der Waals surface area contributed by atoms with E-state index in [0.717, 1.165) is 57.8 Å². The van der Waals surface area contributed by atoms with Gasteiger partial charge in [0.25, 0.3) is 0 Å². The second-order valence-electron chi connectivity index (χ2n) is 15.2. The normalized spacial score (nSPS) is 12.0. The second-order valence-corrected chi connectivity index (χ2v) is 15.2. The SMILES string of the molecule is CN[C@@H](CCCCNC(=O)COCCOCCNC(=O)COCCOCCNC(=O)CC[C@H](NC(=O)CCCCCCCCCCCCCCCCC(=O)O)C(=O)O)C(C)=O. The molecule has 4 amide bonds. The number of hydrogen-bond acceptors (Lipinski definition) is 12. The van der Waals surface area contributed by atoms with Crippen molar-refractivity contribution < 1.29 is 62.7 Å². The van der Waals surface area contributed by atoms with E-state index in [0.29, 0.717) is 13.0 Å². The molecule has 2 atom stereocenters. The van der Waals surface area contributed by atoms with Crippen molar-refractivity contribution in [2.75, 3.05) is 79.5 Å². The van der Waals surface area contributed by atoms with E-state index in [1.54, 1.807) is 14.0 Å². The molecular weight excluding hydrogens is 794 g/mol. The van der Waals surface area contributed by atoms with Gasteiger partial charge in [-0.3, -0.25) is 28.8 Å². The first-order valence-corrected chi connectivity index (χ1v) is 22.5. The highest BCUT2D eigenvalue weighted by Crippen LogP contribution is 2.14. The number of nitrogens with one attached hydrogen (secondary N) is 5. The number of rotatable bonds is 45. The van der Waals surface area contributed by atoms with Crippen LogP contribution in [0.4, 0.5) is 0 Å². The first-order chi connectivity index (χ1) is 29.5. The molecular formula is C43H79N5O13. The minimum absolute atomic E-state index is 0.0258. The van der Waals surface area contributed by atoms with Gasteiger partial charge in [0, 0.05) is 38.9 Å². The Bertz CT molecular complexity index is 1190. The average Bonchev–Trinajstić information content (AvgIpc) is 3.22. The van der Waals surface area contributed by atoms with E-state index in [4.69, 9.17) is 24.1 Å². The van der Waals surface area contributed by atoms with Gasteiger partial charge in [-0.05, 0) is 52.5 Å². The number of ether oxygens (including phenoxy) is 4. The number of carboxylic acid groups (broad SMARTS) is 2. The lowest BCUT2D eigenvalue weighted by Crippen LogP contribution is -2.41. The lowest BCUT2D eigenvalue weighted by atomic mass is 10.0. The van der Waals surface area contributed by atoms with E-state index in [-0.39, 0.29) is 127 Å². The average molecular weight is 874 g/mol. The topological polar surface area (TPSA) is 257 Å². The third-order valence-electron chi connectivity index (χ3n) is 9.77. The van der Waals surface area contributed by atoms with Gasteiger partial charge in [-0.2, -0.15) is 0 Å². The standard InChI is InChI=1S/C43H79N5O13/c1-35(49)36(44-2)19-17-18-24-45-40(52)33-60-31-30-59-28-26-47-41(53)34-61-32-29-58-27-25-46-38(50)23-22-37(43(56)57)48-39(51)20-15-13-11-9-7-5-3-4-6-8-10-12-14-16-21-42(54)55/h36-37,44H,3-34H2,1-2H3,(H,45,52)(H,46,50)(H,47,53)(H,48,51)(H,54,55)(H,56,57)/t36-,37-/m0/s1. The first kappa shape index (κ1) is 57.3. The van der Waals surface area contributed by atoms with Crippen LogP contribution in [-0.2, 0) is 52.5 Å². The molecule has 7 N–H and O–H groups in total. The minimum atomic E-state index is -1.18. The van der Waals surface area contributed by atoms with Crippen LogP contribution in [0.15, 0.2) is 0 Å². The quantitative estimate of drug-likeness (QED) is 0.0433. The third kappa shape index (κ3) is 40.1. The Labute approximate surface area is 363 Å². The second kappa shape index (κ2) is 41.6. The van der Waals surface area contributed by atoms with E-state index >= 15 is 0 Å². The fourth-order valence-corrected chi connectivity index (χ4v) is 6.22. The van der Waals surface area contributed by atoms with Crippen LogP contribution in [0.25, 0.3) is 0 Å². The zero-order valence-electron chi connectivity index (χ0n) is 37.2. The summed E-state index contributed by atoms with van der Waals surface area (Å²) in [7, 11) is 1.75. The first-order valence-electron chi connectivity index (χ1n) is 22.5. The number of carbonyl (C=O) groups excluding carboxylic acids is 5. The van der Waals surface area contributed by atoms with Crippen molar-refractivity contribution in [1.29, 1.82) is 0 Å². The highest BCUT2D eigenvalue weighted by Gasteiger charge is 2.21. The summed E-state index contributed by atoms with van der Waals surface area (Å²) in [5, 5.41) is 31.8. The molecule has 0 aliphatic heterocycles. The maximum atomic E-state index is 12.3. The Hall–Kier alpha value is -3.71. The molecule has 61 heavy (non-hydrogen) atoms. The number of hydrogen-bond donors (Lipinski definition) is 7. The van der Waals surface area contributed by atoms with E-state index in [2.05, 4.69) is 26.6 Å². The number of aliphatic carboxylic acids is 2. The summed E-state index contributed by atoms with van der Waals surface area (Å²) in [5.74, 6) is -3.01. The van der Waals surface area contributed by atoms with Crippen molar-refractivity contribution in [2.24, 2.45) is 0 Å². The van der Waals surface area contributed by atoms with Crippen LogP contribution in [0.3, 0.4) is 0 Å². The largest absolute Gasteiger partial charge is 0.481 e. The molecule has 0 saturated heterocycles. The lowest BCUT2D eigenvalue weighted by molar-refractivity contribution is -0.142. The predicted octanol–water partition coefficient (Wildman–Crippen LogP) is 3.42. The summed E-state index contributed by atoms with van der Waals surface area (Å²) in [6.07, 6.45) is 17.8. The number of carboxylic acids is 2. The maximum absolute atomic E-state index is 12.3. The van der Waals surface area contributed by atoms with Crippen LogP contribution >= 0.6 is 0 Å². The lowest BCUT2D eigenvalue weighted by Gasteiger charge is -2.14. The van der Waals surface area contributed by atoms with Crippen molar-refractivity contribution in [3.05, 3.63) is 0 Å². The summed E-state index contributed by atoms with van der Waals surface area (Å²) in [6.45, 7) is 3.67. The number of amides is 4. The molecule has 0 bridgehead atoms. The number of carbonyl (C=O) groups is 7. The summed E-state index contributed by atoms with van der Waals surface area (Å²) < 4.78 is 21.3. The van der Waals surface area contributed by atoms with Crippen molar-refractivity contribution >= 4 is 41.4 Å². The van der Waals surface area contributed by atoms with Gasteiger partial charge in [0.2, 0.25) is 23.6 Å². The Morgan fingerprint density at radius 3 is 1.34 bits per heavy atom. The monoisotopic (exact) mass is 874 g/mol. The third-order valence-corrected chi connectivity index (χ3v) is 9.77. The van der Waals surface area contributed by atoms with Gasteiger partial charge in [0.15, 0.2) is 0 Å². The van der Waals surface area contributed by atoms with Gasteiger partial charge in [-0.1, -0.05) is 77.0 Å². The van der Waals surface area contributed by atoms with E-state index in [1.165, 1.54) is 44.9 Å². The molecule has 0 spiro atoms. The Morgan fingerprint density at radius 2 is 0.885 bits per heavy atom. The molecule has 0 heterocycles. The van der Waals surface area contributed by atoms with Gasteiger partial charge in [-0.25, -0.2) is 4.79 Å². The summed E-state index contributed by atoms with van der Waals surface area (Å²) in [4.78, 5) is 81.8. The van der Waals surface area contributed by atoms with Gasteiger partial charge >= 0.3 is 11.9 Å². The summed E-state index contributed by atoms with van der Waals surface area (Å²) >= 11 is 0. The van der Waals surface area contributed by atoms with E-state index in [1.807, 2.05) is 0 Å². The molecule has 0 aromatic carbocycles. The molecule has 354 valence electrons. The minimum Gasteiger partial charge on any atom is -0.481 e. The van der Waals surface area contributed by atoms with Crippen LogP contribution in [0.2, 0.25) is 0 Å². The number of ketones is 1. The van der Waals surface area contributed by atoms with Crippen molar-refractivity contribution in [3.8, 4) is 0 Å². The maximum Gasteiger partial charge on any atom is 0.326 e. The van der Waals surface area contributed by atoms with E-state index in [9.17, 15) is 38.7 Å². The summed E-state index contributed by atoms with van der Waals surface area (Å²) in [5.41, 5.74) is 0. The molecule has 0 unspecified atom stereocenters. The Kier molecular flexibility index (Phi) is 39.1. The molecule has 18 nitrogen and oxygen atoms in total. The van der Waals surface area contributed by atoms with Gasteiger partial charge in [-0.15, -0.1) is 0 Å². The van der Waals surface area contributed by atoms with Crippen molar-refractivity contribution in [1.82, 2.24) is 26.6 Å². The number of likely N-dealkylation sites (N-methyl/N-ethyl adjacent to an activating group) is 1. The molecule has 0 fully saturated rings. The fraction of sp³-hybridized carbons (Fsp3) is 0.837. The van der Waals surface area contributed by atoms with Crippen molar-refractivity contribution in [3.63, 3.8) is 0 Å². The predicted molar refractivity (Wildman–Crippen MR) is 230 cm³/mol.